The van der Waals surface area contributed by atoms with E-state index >= 15 is 0 Å². The van der Waals surface area contributed by atoms with Crippen molar-refractivity contribution in [2.45, 2.75) is 31.3 Å². The van der Waals surface area contributed by atoms with Gasteiger partial charge in [0.05, 0.1) is 12.8 Å². The highest BCUT2D eigenvalue weighted by molar-refractivity contribution is 6.30. The molecule has 3 rings (SSSR count). The summed E-state index contributed by atoms with van der Waals surface area (Å²) in [4.78, 5) is 9.56. The first-order chi connectivity index (χ1) is 14.2. The van der Waals surface area contributed by atoms with Crippen molar-refractivity contribution in [2.24, 2.45) is 0 Å². The normalized spacial score (nSPS) is 17.0. The van der Waals surface area contributed by atoms with Crippen LogP contribution in [-0.4, -0.2) is 53.3 Å². The molecule has 11 heteroatoms. The number of aromatic nitrogens is 2. The number of nitrogens with zero attached hydrogens (tertiary/aromatic N) is 3. The van der Waals surface area contributed by atoms with Crippen molar-refractivity contribution in [1.82, 2.24) is 20.2 Å². The lowest BCUT2D eigenvalue weighted by Crippen LogP contribution is -2.42. The Kier molecular flexibility index (Phi) is 7.02. The summed E-state index contributed by atoms with van der Waals surface area (Å²) in [6.07, 6.45) is -3.01. The average Bonchev–Trinajstić information content (AvgIpc) is 2.69. The van der Waals surface area contributed by atoms with Gasteiger partial charge in [-0.3, -0.25) is 5.32 Å². The van der Waals surface area contributed by atoms with Crippen molar-refractivity contribution >= 4 is 23.2 Å². The van der Waals surface area contributed by atoms with Crippen molar-refractivity contribution in [3.05, 3.63) is 40.7 Å². The number of alkyl halides is 3. The van der Waals surface area contributed by atoms with Gasteiger partial charge in [0.15, 0.2) is 0 Å². The molecule has 2 heterocycles. The number of halogens is 4. The molecule has 30 heavy (non-hydrogen) atoms. The van der Waals surface area contributed by atoms with E-state index in [1.54, 1.807) is 18.2 Å². The smallest absolute Gasteiger partial charge is 0.420 e. The maximum atomic E-state index is 12.8. The number of benzene rings is 1. The van der Waals surface area contributed by atoms with Crippen molar-refractivity contribution in [3.63, 3.8) is 0 Å². The van der Waals surface area contributed by atoms with Gasteiger partial charge in [-0.2, -0.15) is 13.2 Å². The van der Waals surface area contributed by atoms with Crippen LogP contribution in [0.5, 0.6) is 5.75 Å². The molecule has 1 aromatic heterocycles. The lowest BCUT2D eigenvalue weighted by atomic mass is 10.0. The Balaban J connectivity index is 1.72. The molecule has 164 valence electrons. The molecule has 0 bridgehead atoms. The molecular weight excluding hydrogens is 423 g/mol. The zero-order valence-electron chi connectivity index (χ0n) is 16.5. The van der Waals surface area contributed by atoms with Crippen LogP contribution in [0.2, 0.25) is 5.15 Å². The molecule has 1 fully saturated rings. The molecule has 0 spiro atoms. The fraction of sp³-hybridized carbons (Fsp3) is 0.474. The van der Waals surface area contributed by atoms with Crippen LogP contribution < -0.4 is 15.4 Å². The molecule has 1 aliphatic heterocycles. The number of anilines is 2. The molecule has 1 aliphatic rings. The van der Waals surface area contributed by atoms with E-state index < -0.39 is 23.1 Å². The molecular formula is C19H23ClF3N5O2. The summed E-state index contributed by atoms with van der Waals surface area (Å²) < 4.78 is 43.7. The molecule has 3 N–H and O–H groups in total. The van der Waals surface area contributed by atoms with Gasteiger partial charge in [0.25, 0.3) is 0 Å². The van der Waals surface area contributed by atoms with Crippen molar-refractivity contribution < 1.29 is 23.0 Å². The molecule has 7 nitrogen and oxygen atoms in total. The third kappa shape index (κ3) is 5.51. The number of ether oxygens (including phenoxy) is 1. The highest BCUT2D eigenvalue weighted by Gasteiger charge is 2.34. The summed E-state index contributed by atoms with van der Waals surface area (Å²) in [5, 5.41) is 15.8. The molecule has 1 saturated heterocycles. The standard InChI is InChI=1S/C19H23ClF3N5O2/c1-28-7-5-12(6-8-28)25-17(29)11-3-4-14(15(9-11)30-2)26-18-24-10-13(16(20)27-18)19(21,22)23/h3-4,9-10,12,17,25,29H,5-8H2,1-2H3,(H,24,26,27). The zero-order valence-corrected chi connectivity index (χ0v) is 17.3. The third-order valence-corrected chi connectivity index (χ3v) is 5.24. The van der Waals surface area contributed by atoms with Gasteiger partial charge in [0.2, 0.25) is 5.95 Å². The van der Waals surface area contributed by atoms with Crippen LogP contribution in [0, 0.1) is 0 Å². The second kappa shape index (κ2) is 9.34. The Morgan fingerprint density at radius 2 is 2.00 bits per heavy atom. The minimum absolute atomic E-state index is 0.107. The lowest BCUT2D eigenvalue weighted by molar-refractivity contribution is -0.137. The fourth-order valence-corrected chi connectivity index (χ4v) is 3.44. The molecule has 0 aliphatic carbocycles. The molecule has 0 radical (unpaired) electrons. The summed E-state index contributed by atoms with van der Waals surface area (Å²) >= 11 is 5.64. The highest BCUT2D eigenvalue weighted by atomic mass is 35.5. The number of nitrogens with one attached hydrogen (secondary N) is 2. The molecule has 1 aromatic carbocycles. The Hall–Kier alpha value is -2.14. The van der Waals surface area contributed by atoms with Crippen LogP contribution in [0.15, 0.2) is 24.4 Å². The van der Waals surface area contributed by atoms with Crippen LogP contribution >= 0.6 is 11.6 Å². The van der Waals surface area contributed by atoms with Gasteiger partial charge in [0.1, 0.15) is 22.7 Å². The van der Waals surface area contributed by atoms with Crippen LogP contribution in [0.25, 0.3) is 0 Å². The van der Waals surface area contributed by atoms with E-state index in [0.29, 0.717) is 23.2 Å². The van der Waals surface area contributed by atoms with Crippen LogP contribution in [0.3, 0.4) is 0 Å². The topological polar surface area (TPSA) is 82.5 Å². The monoisotopic (exact) mass is 445 g/mol. The van der Waals surface area contributed by atoms with E-state index in [2.05, 4.69) is 32.5 Å². The largest absolute Gasteiger partial charge is 0.495 e. The quantitative estimate of drug-likeness (QED) is 0.463. The summed E-state index contributed by atoms with van der Waals surface area (Å²) in [6, 6.07) is 5.16. The first-order valence-electron chi connectivity index (χ1n) is 9.34. The summed E-state index contributed by atoms with van der Waals surface area (Å²) in [7, 11) is 3.51. The second-order valence-corrected chi connectivity index (χ2v) is 7.49. The van der Waals surface area contributed by atoms with Crippen molar-refractivity contribution in [3.8, 4) is 5.75 Å². The van der Waals surface area contributed by atoms with E-state index in [0.717, 1.165) is 25.9 Å². The van der Waals surface area contributed by atoms with E-state index in [1.165, 1.54) is 7.11 Å². The number of aliphatic hydroxyl groups excluding tert-OH is 1. The van der Waals surface area contributed by atoms with Gasteiger partial charge >= 0.3 is 6.18 Å². The summed E-state index contributed by atoms with van der Waals surface area (Å²) in [6.45, 7) is 1.93. The van der Waals surface area contributed by atoms with E-state index in [-0.39, 0.29) is 12.0 Å². The Morgan fingerprint density at radius 1 is 1.30 bits per heavy atom. The third-order valence-electron chi connectivity index (χ3n) is 4.95. The highest BCUT2D eigenvalue weighted by Crippen LogP contribution is 2.35. The maximum absolute atomic E-state index is 12.8. The number of aliphatic hydroxyl groups is 1. The lowest BCUT2D eigenvalue weighted by Gasteiger charge is -2.31. The predicted molar refractivity (Wildman–Crippen MR) is 107 cm³/mol. The first-order valence-corrected chi connectivity index (χ1v) is 9.72. The molecule has 1 unspecified atom stereocenters. The van der Waals surface area contributed by atoms with Gasteiger partial charge in [-0.25, -0.2) is 9.97 Å². The zero-order chi connectivity index (χ0) is 21.9. The van der Waals surface area contributed by atoms with Gasteiger partial charge in [-0.05, 0) is 50.7 Å². The Labute approximate surface area is 177 Å². The minimum Gasteiger partial charge on any atom is -0.495 e. The first kappa shape index (κ1) is 22.5. The van der Waals surface area contributed by atoms with Gasteiger partial charge < -0.3 is 20.1 Å². The minimum atomic E-state index is -4.63. The Bertz CT molecular complexity index is 876. The number of rotatable bonds is 6. The van der Waals surface area contributed by atoms with Crippen LogP contribution in [0.1, 0.15) is 30.2 Å². The molecule has 0 amide bonds. The van der Waals surface area contributed by atoms with Crippen LogP contribution in [-0.2, 0) is 6.18 Å². The molecule has 1 atom stereocenters. The van der Waals surface area contributed by atoms with Crippen molar-refractivity contribution in [2.75, 3.05) is 32.6 Å². The number of hydrogen-bond donors (Lipinski definition) is 3. The fourth-order valence-electron chi connectivity index (χ4n) is 3.21. The van der Waals surface area contributed by atoms with E-state index in [4.69, 9.17) is 16.3 Å². The number of piperidine rings is 1. The predicted octanol–water partition coefficient (Wildman–Crippen LogP) is 3.58. The number of likely N-dealkylation sites (tertiary alicyclic amines) is 1. The van der Waals surface area contributed by atoms with E-state index in [9.17, 15) is 18.3 Å². The second-order valence-electron chi connectivity index (χ2n) is 7.13. The number of methoxy groups -OCH3 is 1. The Morgan fingerprint density at radius 3 is 2.60 bits per heavy atom. The average molecular weight is 446 g/mol. The molecule has 2 aromatic rings. The van der Waals surface area contributed by atoms with E-state index in [1.807, 2.05) is 0 Å². The van der Waals surface area contributed by atoms with Gasteiger partial charge in [-0.15, -0.1) is 0 Å². The van der Waals surface area contributed by atoms with Crippen molar-refractivity contribution in [1.29, 1.82) is 0 Å². The summed E-state index contributed by atoms with van der Waals surface area (Å²) in [5.41, 5.74) is -0.0913. The SMILES string of the molecule is COc1cc(C(O)NC2CCN(C)CC2)ccc1Nc1ncc(C(F)(F)F)c(Cl)n1. The number of hydrogen-bond acceptors (Lipinski definition) is 7. The van der Waals surface area contributed by atoms with Gasteiger partial charge in [0, 0.05) is 12.2 Å². The molecule has 0 saturated carbocycles. The van der Waals surface area contributed by atoms with Crippen LogP contribution in [0.4, 0.5) is 24.8 Å². The maximum Gasteiger partial charge on any atom is 0.420 e. The summed E-state index contributed by atoms with van der Waals surface area (Å²) in [5.74, 6) is 0.264. The van der Waals surface area contributed by atoms with Gasteiger partial charge in [-0.1, -0.05) is 17.7 Å².